The summed E-state index contributed by atoms with van der Waals surface area (Å²) in [4.78, 5) is 16.2. The highest BCUT2D eigenvalue weighted by Crippen LogP contribution is 2.33. The van der Waals surface area contributed by atoms with Gasteiger partial charge in [-0.15, -0.1) is 6.42 Å². The molecule has 0 unspecified atom stereocenters. The van der Waals surface area contributed by atoms with Gasteiger partial charge in [-0.3, -0.25) is 0 Å². The molecule has 1 aliphatic heterocycles. The molecule has 1 aliphatic rings. The number of oxime groups is 1. The lowest BCUT2D eigenvalue weighted by Crippen LogP contribution is -2.03. The minimum atomic E-state index is -0.492. The Kier molecular flexibility index (Phi) is 4.06. The number of terminal acetylenes is 1. The van der Waals surface area contributed by atoms with Crippen molar-refractivity contribution in [2.24, 2.45) is 5.16 Å². The highest BCUT2D eigenvalue weighted by atomic mass is 16.7. The summed E-state index contributed by atoms with van der Waals surface area (Å²) in [6, 6.07) is 5.34. The zero-order valence-electron chi connectivity index (χ0n) is 11.2. The molecular formula is C15H13NO4. The number of carbonyl (C=O) groups excluding carboxylic acids is 1. The SMILES string of the molecule is C#CCOc1c(C=C2C(=O)ON=C2C)cccc1OC. The molecule has 102 valence electrons. The number of rotatable bonds is 4. The van der Waals surface area contributed by atoms with Gasteiger partial charge in [0, 0.05) is 5.56 Å². The molecule has 2 rings (SSSR count). The Balaban J connectivity index is 2.46. The molecule has 0 amide bonds. The summed E-state index contributed by atoms with van der Waals surface area (Å²) in [6.45, 7) is 1.80. The Hall–Kier alpha value is -2.74. The molecule has 0 saturated heterocycles. The van der Waals surface area contributed by atoms with Gasteiger partial charge in [0.1, 0.15) is 6.61 Å². The molecule has 0 aromatic heterocycles. The fraction of sp³-hybridized carbons (Fsp3) is 0.200. The summed E-state index contributed by atoms with van der Waals surface area (Å²) in [5.41, 5.74) is 1.56. The summed E-state index contributed by atoms with van der Waals surface area (Å²) in [7, 11) is 1.53. The van der Waals surface area contributed by atoms with Crippen LogP contribution in [-0.4, -0.2) is 25.4 Å². The third-order valence-electron chi connectivity index (χ3n) is 2.70. The largest absolute Gasteiger partial charge is 0.493 e. The van der Waals surface area contributed by atoms with E-state index in [1.807, 2.05) is 0 Å². The molecule has 1 heterocycles. The second-order valence-corrected chi connectivity index (χ2v) is 3.98. The number of para-hydroxylation sites is 1. The van der Waals surface area contributed by atoms with Gasteiger partial charge in [0.05, 0.1) is 18.4 Å². The summed E-state index contributed by atoms with van der Waals surface area (Å²) in [5, 5.41) is 3.62. The van der Waals surface area contributed by atoms with E-state index >= 15 is 0 Å². The molecule has 0 spiro atoms. The van der Waals surface area contributed by atoms with Crippen molar-refractivity contribution < 1.29 is 19.1 Å². The van der Waals surface area contributed by atoms with E-state index in [4.69, 9.17) is 15.9 Å². The fourth-order valence-corrected chi connectivity index (χ4v) is 1.75. The van der Waals surface area contributed by atoms with E-state index in [9.17, 15) is 4.79 Å². The molecular weight excluding hydrogens is 258 g/mol. The number of hydrogen-bond donors (Lipinski definition) is 0. The number of methoxy groups -OCH3 is 1. The van der Waals surface area contributed by atoms with Gasteiger partial charge in [-0.1, -0.05) is 23.2 Å². The molecule has 0 aliphatic carbocycles. The van der Waals surface area contributed by atoms with E-state index in [2.05, 4.69) is 15.9 Å². The molecule has 0 N–H and O–H groups in total. The molecule has 20 heavy (non-hydrogen) atoms. The van der Waals surface area contributed by atoms with E-state index in [1.165, 1.54) is 7.11 Å². The molecule has 0 radical (unpaired) electrons. The fourth-order valence-electron chi connectivity index (χ4n) is 1.75. The van der Waals surface area contributed by atoms with Crippen molar-refractivity contribution >= 4 is 17.8 Å². The Labute approximate surface area is 116 Å². The van der Waals surface area contributed by atoms with Crippen molar-refractivity contribution in [1.29, 1.82) is 0 Å². The van der Waals surface area contributed by atoms with Crippen LogP contribution in [0.25, 0.3) is 6.08 Å². The van der Waals surface area contributed by atoms with Gasteiger partial charge in [-0.2, -0.15) is 0 Å². The van der Waals surface area contributed by atoms with E-state index in [-0.39, 0.29) is 6.61 Å². The van der Waals surface area contributed by atoms with Crippen molar-refractivity contribution in [3.8, 4) is 23.8 Å². The zero-order valence-corrected chi connectivity index (χ0v) is 11.2. The Bertz CT molecular complexity index is 638. The highest BCUT2D eigenvalue weighted by Gasteiger charge is 2.22. The van der Waals surface area contributed by atoms with E-state index < -0.39 is 5.97 Å². The quantitative estimate of drug-likeness (QED) is 0.477. The lowest BCUT2D eigenvalue weighted by molar-refractivity contribution is -0.136. The van der Waals surface area contributed by atoms with Crippen molar-refractivity contribution in [1.82, 2.24) is 0 Å². The van der Waals surface area contributed by atoms with Crippen LogP contribution in [0, 0.1) is 12.3 Å². The number of carbonyl (C=O) groups is 1. The van der Waals surface area contributed by atoms with Crippen LogP contribution in [0.4, 0.5) is 0 Å². The maximum atomic E-state index is 11.6. The molecule has 0 fully saturated rings. The molecule has 1 aromatic rings. The summed E-state index contributed by atoms with van der Waals surface area (Å²) < 4.78 is 10.7. The highest BCUT2D eigenvalue weighted by molar-refractivity contribution is 6.24. The average Bonchev–Trinajstić information content (AvgIpc) is 2.77. The number of ether oxygens (including phenoxy) is 2. The van der Waals surface area contributed by atoms with Crippen LogP contribution in [-0.2, 0) is 9.63 Å². The first kappa shape index (κ1) is 13.7. The number of nitrogens with zero attached hydrogens (tertiary/aromatic N) is 1. The third kappa shape index (κ3) is 2.64. The predicted octanol–water partition coefficient (Wildman–Crippen LogP) is 2.02. The van der Waals surface area contributed by atoms with Crippen molar-refractivity contribution in [2.75, 3.05) is 13.7 Å². The lowest BCUT2D eigenvalue weighted by atomic mass is 10.1. The minimum absolute atomic E-state index is 0.105. The summed E-state index contributed by atoms with van der Waals surface area (Å²) in [5.74, 6) is 2.92. The van der Waals surface area contributed by atoms with Crippen LogP contribution in [0.3, 0.4) is 0 Å². The summed E-state index contributed by atoms with van der Waals surface area (Å²) in [6.07, 6.45) is 6.84. The Morgan fingerprint density at radius 3 is 2.90 bits per heavy atom. The van der Waals surface area contributed by atoms with E-state index in [0.717, 1.165) is 0 Å². The van der Waals surface area contributed by atoms with Gasteiger partial charge in [-0.25, -0.2) is 4.79 Å². The molecule has 1 aromatic carbocycles. The Morgan fingerprint density at radius 2 is 2.30 bits per heavy atom. The van der Waals surface area contributed by atoms with Gasteiger partial charge >= 0.3 is 5.97 Å². The predicted molar refractivity (Wildman–Crippen MR) is 74.5 cm³/mol. The maximum absolute atomic E-state index is 11.6. The van der Waals surface area contributed by atoms with Crippen molar-refractivity contribution in [2.45, 2.75) is 6.92 Å². The first-order valence-electron chi connectivity index (χ1n) is 5.88. The normalized spacial score (nSPS) is 15.6. The van der Waals surface area contributed by atoms with Gasteiger partial charge in [-0.05, 0) is 19.1 Å². The second kappa shape index (κ2) is 5.93. The van der Waals surface area contributed by atoms with Gasteiger partial charge in [0.2, 0.25) is 0 Å². The van der Waals surface area contributed by atoms with Crippen LogP contribution in [0.15, 0.2) is 28.9 Å². The second-order valence-electron chi connectivity index (χ2n) is 3.98. The average molecular weight is 271 g/mol. The van der Waals surface area contributed by atoms with E-state index in [1.54, 1.807) is 31.2 Å². The number of benzene rings is 1. The van der Waals surface area contributed by atoms with Crippen LogP contribution in [0.1, 0.15) is 12.5 Å². The first-order valence-corrected chi connectivity index (χ1v) is 5.88. The third-order valence-corrected chi connectivity index (χ3v) is 2.70. The topological polar surface area (TPSA) is 57.1 Å². The monoisotopic (exact) mass is 271 g/mol. The maximum Gasteiger partial charge on any atom is 0.367 e. The molecule has 0 atom stereocenters. The number of hydrogen-bond acceptors (Lipinski definition) is 5. The van der Waals surface area contributed by atoms with Crippen LogP contribution in [0.5, 0.6) is 11.5 Å². The van der Waals surface area contributed by atoms with Crippen LogP contribution >= 0.6 is 0 Å². The van der Waals surface area contributed by atoms with Crippen LogP contribution < -0.4 is 9.47 Å². The van der Waals surface area contributed by atoms with Crippen molar-refractivity contribution in [3.05, 3.63) is 29.3 Å². The smallest absolute Gasteiger partial charge is 0.367 e. The minimum Gasteiger partial charge on any atom is -0.493 e. The molecule has 0 saturated carbocycles. The van der Waals surface area contributed by atoms with Gasteiger partial charge in [0.25, 0.3) is 0 Å². The zero-order chi connectivity index (χ0) is 14.5. The first-order chi connectivity index (χ1) is 9.67. The molecule has 5 nitrogen and oxygen atoms in total. The van der Waals surface area contributed by atoms with Gasteiger partial charge in [0.15, 0.2) is 11.5 Å². The molecule has 5 heteroatoms. The van der Waals surface area contributed by atoms with Crippen molar-refractivity contribution in [3.63, 3.8) is 0 Å². The van der Waals surface area contributed by atoms with Crippen LogP contribution in [0.2, 0.25) is 0 Å². The standard InChI is InChI=1S/C15H13NO4/c1-4-8-19-14-11(6-5-7-13(14)18-3)9-12-10(2)16-20-15(12)17/h1,5-7,9H,8H2,2-3H3. The van der Waals surface area contributed by atoms with E-state index in [0.29, 0.717) is 28.3 Å². The van der Waals surface area contributed by atoms with Gasteiger partial charge < -0.3 is 14.3 Å². The lowest BCUT2D eigenvalue weighted by Gasteiger charge is -2.11. The Morgan fingerprint density at radius 1 is 1.50 bits per heavy atom. The summed E-state index contributed by atoms with van der Waals surface area (Å²) >= 11 is 0. The molecule has 0 bridgehead atoms.